The number of carbonyl (C=O) groups is 1. The van der Waals surface area contributed by atoms with Crippen molar-refractivity contribution in [1.82, 2.24) is 4.90 Å². The Hall–Kier alpha value is -1.35. The molecule has 15 heavy (non-hydrogen) atoms. The van der Waals surface area contributed by atoms with E-state index in [1.54, 1.807) is 24.3 Å². The third-order valence-corrected chi connectivity index (χ3v) is 2.61. The summed E-state index contributed by atoms with van der Waals surface area (Å²) in [6.45, 7) is 2.22. The maximum Gasteiger partial charge on any atom is 0.180 e. The van der Waals surface area contributed by atoms with E-state index < -0.39 is 0 Å². The Kier molecular flexibility index (Phi) is 3.02. The molecule has 1 aromatic carbocycles. The van der Waals surface area contributed by atoms with Crippen LogP contribution < -0.4 is 0 Å². The first-order chi connectivity index (χ1) is 7.27. The van der Waals surface area contributed by atoms with Crippen molar-refractivity contribution in [2.75, 3.05) is 19.6 Å². The Morgan fingerprint density at radius 1 is 1.40 bits per heavy atom. The largest absolute Gasteiger partial charge is 0.507 e. The minimum absolute atomic E-state index is 0.0107. The molecule has 1 fully saturated rings. The monoisotopic (exact) mass is 204 g/mol. The van der Waals surface area contributed by atoms with Gasteiger partial charge in [-0.05, 0) is 31.5 Å². The van der Waals surface area contributed by atoms with E-state index in [2.05, 4.69) is 11.3 Å². The van der Waals surface area contributed by atoms with Gasteiger partial charge in [-0.25, -0.2) is 0 Å². The first-order valence-electron chi connectivity index (χ1n) is 5.12. The lowest BCUT2D eigenvalue weighted by Crippen LogP contribution is -2.26. The molecule has 1 radical (unpaired) electrons. The van der Waals surface area contributed by atoms with Crippen molar-refractivity contribution in [2.24, 2.45) is 0 Å². The number of phenolic OH excluding ortho intramolecular Hbond substituents is 1. The second-order valence-electron chi connectivity index (χ2n) is 3.75. The normalized spacial score (nSPS) is 16.8. The van der Waals surface area contributed by atoms with E-state index in [1.165, 1.54) is 0 Å². The first-order valence-corrected chi connectivity index (χ1v) is 5.12. The predicted molar refractivity (Wildman–Crippen MR) is 57.8 cm³/mol. The van der Waals surface area contributed by atoms with E-state index in [-0.39, 0.29) is 11.5 Å². The van der Waals surface area contributed by atoms with Gasteiger partial charge in [0.1, 0.15) is 5.75 Å². The molecule has 0 aromatic heterocycles. The Morgan fingerprint density at radius 3 is 2.87 bits per heavy atom. The second-order valence-corrected chi connectivity index (χ2v) is 3.75. The number of likely N-dealkylation sites (tertiary alicyclic amines) is 1. The number of rotatable bonds is 3. The van der Waals surface area contributed by atoms with Crippen LogP contribution >= 0.6 is 0 Å². The molecule has 1 N–H and O–H groups in total. The van der Waals surface area contributed by atoms with Crippen molar-refractivity contribution < 1.29 is 9.90 Å². The Labute approximate surface area is 89.3 Å². The molecule has 0 unspecified atom stereocenters. The summed E-state index contributed by atoms with van der Waals surface area (Å²) >= 11 is 0. The molecule has 0 amide bonds. The molecular weight excluding hydrogens is 190 g/mol. The molecule has 0 atom stereocenters. The van der Waals surface area contributed by atoms with Crippen LogP contribution in [0.4, 0.5) is 0 Å². The zero-order valence-electron chi connectivity index (χ0n) is 8.52. The first kappa shape index (κ1) is 10.2. The summed E-state index contributed by atoms with van der Waals surface area (Å²) < 4.78 is 0. The molecule has 0 saturated carbocycles. The molecule has 1 aromatic rings. The zero-order chi connectivity index (χ0) is 10.7. The fourth-order valence-electron chi connectivity index (χ4n) is 1.78. The van der Waals surface area contributed by atoms with E-state index in [0.29, 0.717) is 12.1 Å². The van der Waals surface area contributed by atoms with Gasteiger partial charge in [-0.1, -0.05) is 12.1 Å². The van der Waals surface area contributed by atoms with Crippen LogP contribution in [0.1, 0.15) is 16.8 Å². The summed E-state index contributed by atoms with van der Waals surface area (Å²) in [5, 5.41) is 9.51. The standard InChI is InChI=1S/C12H14NO2/c14-11-6-2-1-5-10(11)12(15)9-13-7-3-4-8-13/h1-3,5-6,14H,4,7-9H2. The molecule has 1 saturated heterocycles. The van der Waals surface area contributed by atoms with Gasteiger partial charge in [0.05, 0.1) is 12.1 Å². The lowest BCUT2D eigenvalue weighted by molar-refractivity contribution is 0.0944. The van der Waals surface area contributed by atoms with Crippen LogP contribution in [0.15, 0.2) is 24.3 Å². The second kappa shape index (κ2) is 4.45. The van der Waals surface area contributed by atoms with Crippen molar-refractivity contribution in [3.05, 3.63) is 36.2 Å². The number of hydrogen-bond acceptors (Lipinski definition) is 3. The highest BCUT2D eigenvalue weighted by Crippen LogP contribution is 2.17. The van der Waals surface area contributed by atoms with Gasteiger partial charge >= 0.3 is 0 Å². The van der Waals surface area contributed by atoms with Crippen LogP contribution in [-0.4, -0.2) is 35.4 Å². The highest BCUT2D eigenvalue weighted by Gasteiger charge is 2.17. The fourth-order valence-corrected chi connectivity index (χ4v) is 1.78. The number of phenols is 1. The van der Waals surface area contributed by atoms with E-state index >= 15 is 0 Å². The molecule has 0 aliphatic carbocycles. The van der Waals surface area contributed by atoms with Crippen molar-refractivity contribution in [1.29, 1.82) is 0 Å². The molecule has 3 heteroatoms. The number of para-hydroxylation sites is 1. The molecule has 3 nitrogen and oxygen atoms in total. The van der Waals surface area contributed by atoms with Gasteiger partial charge in [-0.2, -0.15) is 0 Å². The minimum atomic E-state index is -0.0107. The van der Waals surface area contributed by atoms with Gasteiger partial charge < -0.3 is 5.11 Å². The van der Waals surface area contributed by atoms with Gasteiger partial charge in [0.25, 0.3) is 0 Å². The third-order valence-electron chi connectivity index (χ3n) is 2.61. The SMILES string of the molecule is O=C(CN1C[CH]CC1)c1ccccc1O. The van der Waals surface area contributed by atoms with Gasteiger partial charge in [0.2, 0.25) is 0 Å². The maximum atomic E-state index is 11.8. The Balaban J connectivity index is 2.04. The van der Waals surface area contributed by atoms with Crippen LogP contribution in [0.2, 0.25) is 0 Å². The fraction of sp³-hybridized carbons (Fsp3) is 0.333. The number of hydrogen-bond donors (Lipinski definition) is 1. The van der Waals surface area contributed by atoms with Crippen LogP contribution in [0.25, 0.3) is 0 Å². The summed E-state index contributed by atoms with van der Waals surface area (Å²) in [6, 6.07) is 6.69. The molecule has 1 heterocycles. The summed E-state index contributed by atoms with van der Waals surface area (Å²) in [4.78, 5) is 13.9. The predicted octanol–water partition coefficient (Wildman–Crippen LogP) is 1.48. The van der Waals surface area contributed by atoms with Gasteiger partial charge in [-0.3, -0.25) is 9.69 Å². The van der Waals surface area contributed by atoms with Gasteiger partial charge in [0, 0.05) is 6.54 Å². The summed E-state index contributed by atoms with van der Waals surface area (Å²) in [7, 11) is 0. The Morgan fingerprint density at radius 2 is 2.20 bits per heavy atom. The number of benzene rings is 1. The quantitative estimate of drug-likeness (QED) is 0.758. The molecule has 0 bridgehead atoms. The van der Waals surface area contributed by atoms with Crippen LogP contribution in [0, 0.1) is 6.42 Å². The lowest BCUT2D eigenvalue weighted by atomic mass is 10.1. The third kappa shape index (κ3) is 2.36. The zero-order valence-corrected chi connectivity index (χ0v) is 8.52. The average Bonchev–Trinajstić information content (AvgIpc) is 2.71. The Bertz CT molecular complexity index is 356. The van der Waals surface area contributed by atoms with E-state index in [9.17, 15) is 9.90 Å². The smallest absolute Gasteiger partial charge is 0.180 e. The molecule has 79 valence electrons. The molecule has 1 aliphatic rings. The number of aromatic hydroxyl groups is 1. The minimum Gasteiger partial charge on any atom is -0.507 e. The van der Waals surface area contributed by atoms with Gasteiger partial charge in [0.15, 0.2) is 5.78 Å². The molecule has 2 rings (SSSR count). The van der Waals surface area contributed by atoms with E-state index in [0.717, 1.165) is 19.5 Å². The van der Waals surface area contributed by atoms with E-state index in [1.807, 2.05) is 0 Å². The summed E-state index contributed by atoms with van der Waals surface area (Å²) in [6.07, 6.45) is 3.21. The van der Waals surface area contributed by atoms with Crippen LogP contribution in [0.3, 0.4) is 0 Å². The molecular formula is C12H14NO2. The lowest BCUT2D eigenvalue weighted by Gasteiger charge is -2.13. The summed E-state index contributed by atoms with van der Waals surface area (Å²) in [5.41, 5.74) is 0.421. The van der Waals surface area contributed by atoms with Gasteiger partial charge in [-0.15, -0.1) is 0 Å². The van der Waals surface area contributed by atoms with Crippen molar-refractivity contribution in [3.63, 3.8) is 0 Å². The number of ketones is 1. The van der Waals surface area contributed by atoms with Crippen LogP contribution in [-0.2, 0) is 0 Å². The highest BCUT2D eigenvalue weighted by molar-refractivity contribution is 5.99. The van der Waals surface area contributed by atoms with Crippen molar-refractivity contribution in [3.8, 4) is 5.75 Å². The summed E-state index contributed by atoms with van der Waals surface area (Å²) in [5.74, 6) is 0.0640. The topological polar surface area (TPSA) is 40.5 Å². The highest BCUT2D eigenvalue weighted by atomic mass is 16.3. The van der Waals surface area contributed by atoms with Crippen molar-refractivity contribution >= 4 is 5.78 Å². The molecule has 0 spiro atoms. The average molecular weight is 204 g/mol. The van der Waals surface area contributed by atoms with Crippen LogP contribution in [0.5, 0.6) is 5.75 Å². The van der Waals surface area contributed by atoms with Crippen molar-refractivity contribution in [2.45, 2.75) is 6.42 Å². The molecule has 1 aliphatic heterocycles. The van der Waals surface area contributed by atoms with E-state index in [4.69, 9.17) is 0 Å². The number of nitrogens with zero attached hydrogens (tertiary/aromatic N) is 1. The number of carbonyl (C=O) groups excluding carboxylic acids is 1. The maximum absolute atomic E-state index is 11.8. The number of Topliss-reactive ketones (excluding diaryl/α,β-unsaturated/α-hetero) is 1.